The predicted molar refractivity (Wildman–Crippen MR) is 222 cm³/mol. The van der Waals surface area contributed by atoms with Crippen molar-refractivity contribution in [2.45, 2.75) is 108 Å². The Kier molecular flexibility index (Phi) is 12.3. The molecule has 2 saturated carbocycles. The summed E-state index contributed by atoms with van der Waals surface area (Å²) in [6, 6.07) is 23.9. The molecular formula is C48H53NO14. The molecule has 334 valence electrons. The van der Waals surface area contributed by atoms with E-state index in [1.165, 1.54) is 33.1 Å². The van der Waals surface area contributed by atoms with E-state index < -0.39 is 113 Å². The summed E-state index contributed by atoms with van der Waals surface area (Å²) < 4.78 is 36.4. The molecule has 3 fully saturated rings. The van der Waals surface area contributed by atoms with E-state index in [2.05, 4.69) is 5.32 Å². The van der Waals surface area contributed by atoms with Crippen molar-refractivity contribution in [1.82, 2.24) is 5.32 Å². The zero-order chi connectivity index (χ0) is 45.6. The van der Waals surface area contributed by atoms with Crippen molar-refractivity contribution in [3.05, 3.63) is 119 Å². The van der Waals surface area contributed by atoms with Crippen LogP contribution in [0.25, 0.3) is 0 Å². The fourth-order valence-corrected chi connectivity index (χ4v) is 10.4. The summed E-state index contributed by atoms with van der Waals surface area (Å²) in [6.07, 6.45) is -9.71. The lowest BCUT2D eigenvalue weighted by Crippen LogP contribution is -2.82. The van der Waals surface area contributed by atoms with Gasteiger partial charge in [0.15, 0.2) is 23.6 Å². The maximum Gasteiger partial charge on any atom is 0.338 e. The summed E-state index contributed by atoms with van der Waals surface area (Å²) >= 11 is 0. The Morgan fingerprint density at radius 2 is 1.41 bits per heavy atom. The van der Waals surface area contributed by atoms with Crippen LogP contribution in [0, 0.1) is 16.7 Å². The van der Waals surface area contributed by atoms with Crippen LogP contribution in [-0.2, 0) is 47.6 Å². The van der Waals surface area contributed by atoms with Crippen LogP contribution in [0.3, 0.4) is 0 Å². The molecule has 0 radical (unpaired) electrons. The summed E-state index contributed by atoms with van der Waals surface area (Å²) in [5.74, 6) is -6.38. The first-order chi connectivity index (χ1) is 29.8. The number of hydrogen-bond acceptors (Lipinski definition) is 14. The van der Waals surface area contributed by atoms with Crippen LogP contribution in [0.5, 0.6) is 0 Å². The average molecular weight is 868 g/mol. The number of carbonyl (C=O) groups excluding carboxylic acids is 6. The fraction of sp³-hybridized carbons (Fsp3) is 0.458. The molecule has 1 saturated heterocycles. The molecule has 1 aliphatic heterocycles. The van der Waals surface area contributed by atoms with Crippen molar-refractivity contribution in [3.8, 4) is 0 Å². The molecule has 0 spiro atoms. The van der Waals surface area contributed by atoms with Crippen molar-refractivity contribution in [3.63, 3.8) is 0 Å². The highest BCUT2D eigenvalue weighted by molar-refractivity contribution is 5.96. The van der Waals surface area contributed by atoms with Crippen LogP contribution < -0.4 is 5.32 Å². The standard InChI is InChI=1S/C48H53NO14/c1-26-32(61-44(56)38(58-7)36(29-17-11-8-12-18-29)49-42(54)30-19-13-9-14-20-30)24-48(57)41(62-43(55)31-21-15-10-16-22-31)39-46(6,33(52)23-34-47(39,25-59-34)63-28(3)51)40(53)37(60-27(2)50)35(26)45(48,4)5/h8-22,32-34,36-39,41,52,57H,23-25H2,1-7H3,(H,49,54)/t32-,33-,34+,36-,37+,38+,39-,41-,46+,47-,48+/m0/s1. The van der Waals surface area contributed by atoms with Crippen LogP contribution >= 0.6 is 0 Å². The van der Waals surface area contributed by atoms with Gasteiger partial charge in [-0.15, -0.1) is 0 Å². The number of nitrogens with one attached hydrogen (secondary N) is 1. The number of fused-ring (bicyclic) bond motifs is 5. The van der Waals surface area contributed by atoms with Gasteiger partial charge >= 0.3 is 23.9 Å². The minimum atomic E-state index is -2.35. The van der Waals surface area contributed by atoms with Crippen LogP contribution in [0.2, 0.25) is 0 Å². The van der Waals surface area contributed by atoms with Crippen molar-refractivity contribution in [2.24, 2.45) is 16.7 Å². The lowest BCUT2D eigenvalue weighted by molar-refractivity contribution is -0.346. The van der Waals surface area contributed by atoms with Crippen LogP contribution in [0.4, 0.5) is 0 Å². The third-order valence-corrected chi connectivity index (χ3v) is 13.7. The first-order valence-corrected chi connectivity index (χ1v) is 20.9. The summed E-state index contributed by atoms with van der Waals surface area (Å²) in [4.78, 5) is 84.2. The largest absolute Gasteiger partial charge is 0.456 e. The number of amides is 1. The molecule has 1 heterocycles. The van der Waals surface area contributed by atoms with Gasteiger partial charge in [0.25, 0.3) is 5.91 Å². The first-order valence-electron chi connectivity index (χ1n) is 20.9. The fourth-order valence-electron chi connectivity index (χ4n) is 10.4. The number of esters is 4. The number of aliphatic hydroxyl groups excluding tert-OH is 1. The third kappa shape index (κ3) is 7.64. The summed E-state index contributed by atoms with van der Waals surface area (Å²) in [5.41, 5.74) is -6.58. The number of ketones is 1. The van der Waals surface area contributed by atoms with Gasteiger partial charge in [-0.25, -0.2) is 9.59 Å². The maximum atomic E-state index is 15.6. The minimum Gasteiger partial charge on any atom is -0.456 e. The molecule has 0 aromatic heterocycles. The van der Waals surface area contributed by atoms with Crippen molar-refractivity contribution < 1.29 is 67.4 Å². The molecule has 3 aromatic rings. The molecule has 7 rings (SSSR count). The normalized spacial score (nSPS) is 31.5. The molecule has 3 aliphatic carbocycles. The Labute approximate surface area is 365 Å². The van der Waals surface area contributed by atoms with E-state index in [4.69, 9.17) is 28.4 Å². The van der Waals surface area contributed by atoms with Crippen molar-refractivity contribution in [2.75, 3.05) is 13.7 Å². The van der Waals surface area contributed by atoms with Crippen LogP contribution in [0.1, 0.15) is 86.7 Å². The van der Waals surface area contributed by atoms with Gasteiger partial charge in [0.05, 0.1) is 35.6 Å². The zero-order valence-electron chi connectivity index (χ0n) is 36.2. The summed E-state index contributed by atoms with van der Waals surface area (Å²) in [5, 5.41) is 28.8. The SMILES string of the molecule is CO[C@@H](C(=O)O[C@H]1C[C@@]2(O)[C@@H](OC(=O)c3ccccc3)[C@@H]3[C@]4(OC(C)=O)CO[C@@H]4C[C@H](O)[C@@]3(C)C(=O)[C@H](OC(C)=O)C(=C1C)C2(C)C)[C@@H](NC(=O)c1ccccc1)c1ccccc1. The van der Waals surface area contributed by atoms with Crippen LogP contribution in [0.15, 0.2) is 102 Å². The highest BCUT2D eigenvalue weighted by Crippen LogP contribution is 2.64. The molecule has 15 heteroatoms. The summed E-state index contributed by atoms with van der Waals surface area (Å²) in [7, 11) is 1.28. The molecule has 3 N–H and O–H groups in total. The number of methoxy groups -OCH3 is 1. The van der Waals surface area contributed by atoms with Gasteiger partial charge in [-0.2, -0.15) is 0 Å². The molecule has 15 nitrogen and oxygen atoms in total. The predicted octanol–water partition coefficient (Wildman–Crippen LogP) is 4.39. The molecule has 4 aliphatic rings. The highest BCUT2D eigenvalue weighted by atomic mass is 16.6. The van der Waals surface area contributed by atoms with E-state index in [-0.39, 0.29) is 29.7 Å². The number of rotatable bonds is 11. The van der Waals surface area contributed by atoms with Gasteiger partial charge in [0, 0.05) is 44.8 Å². The first kappa shape index (κ1) is 45.3. The molecule has 63 heavy (non-hydrogen) atoms. The molecule has 0 unspecified atom stereocenters. The number of aliphatic hydroxyl groups is 2. The van der Waals surface area contributed by atoms with Gasteiger partial charge in [0.1, 0.15) is 23.9 Å². The van der Waals surface area contributed by atoms with E-state index in [9.17, 15) is 34.2 Å². The Morgan fingerprint density at radius 1 is 0.825 bits per heavy atom. The highest BCUT2D eigenvalue weighted by Gasteiger charge is 2.78. The quantitative estimate of drug-likeness (QED) is 0.139. The molecule has 1 amide bonds. The van der Waals surface area contributed by atoms with Gasteiger partial charge < -0.3 is 44.0 Å². The van der Waals surface area contributed by atoms with E-state index in [0.29, 0.717) is 11.1 Å². The zero-order valence-corrected chi connectivity index (χ0v) is 36.2. The molecular weight excluding hydrogens is 815 g/mol. The number of Topliss-reactive ketones (excluding diaryl/α,β-unsaturated/α-hetero) is 1. The van der Waals surface area contributed by atoms with Crippen LogP contribution in [-0.4, -0.2) is 107 Å². The van der Waals surface area contributed by atoms with E-state index >= 15 is 4.79 Å². The lowest BCUT2D eigenvalue weighted by Gasteiger charge is -2.67. The summed E-state index contributed by atoms with van der Waals surface area (Å²) in [6.45, 7) is 8.16. The lowest BCUT2D eigenvalue weighted by atomic mass is 9.44. The van der Waals surface area contributed by atoms with Gasteiger partial charge in [-0.3, -0.25) is 19.2 Å². The second-order valence-corrected chi connectivity index (χ2v) is 17.6. The van der Waals surface area contributed by atoms with E-state index in [1.807, 2.05) is 0 Å². The van der Waals surface area contributed by atoms with Crippen molar-refractivity contribution >= 4 is 35.6 Å². The molecule has 3 aromatic carbocycles. The van der Waals surface area contributed by atoms with Gasteiger partial charge in [0.2, 0.25) is 0 Å². The Hall–Kier alpha value is -5.74. The minimum absolute atomic E-state index is 0.0429. The van der Waals surface area contributed by atoms with E-state index in [0.717, 1.165) is 6.92 Å². The van der Waals surface area contributed by atoms with Crippen molar-refractivity contribution in [1.29, 1.82) is 0 Å². The average Bonchev–Trinajstić information content (AvgIpc) is 3.25. The topological polar surface area (TPSA) is 210 Å². The number of hydrogen-bond donors (Lipinski definition) is 3. The second kappa shape index (κ2) is 17.1. The monoisotopic (exact) mass is 867 g/mol. The van der Waals surface area contributed by atoms with Gasteiger partial charge in [-0.1, -0.05) is 80.6 Å². The number of carbonyl (C=O) groups is 6. The molecule has 11 atom stereocenters. The Bertz CT molecular complexity index is 2300. The smallest absolute Gasteiger partial charge is 0.338 e. The molecule has 2 bridgehead atoms. The van der Waals surface area contributed by atoms with Gasteiger partial charge in [-0.05, 0) is 54.8 Å². The Balaban J connectivity index is 1.40. The maximum absolute atomic E-state index is 15.6. The Morgan fingerprint density at radius 3 is 1.95 bits per heavy atom. The third-order valence-electron chi connectivity index (χ3n) is 13.7. The number of benzene rings is 3. The van der Waals surface area contributed by atoms with E-state index in [1.54, 1.807) is 99.6 Å². The number of ether oxygens (including phenoxy) is 6. The second-order valence-electron chi connectivity index (χ2n) is 17.6.